The summed E-state index contributed by atoms with van der Waals surface area (Å²) in [5.41, 5.74) is -0.346. The van der Waals surface area contributed by atoms with Gasteiger partial charge in [0.1, 0.15) is 0 Å². The minimum atomic E-state index is -4.27. The van der Waals surface area contributed by atoms with Gasteiger partial charge in [0.05, 0.1) is 15.1 Å². The molecule has 13 heavy (non-hydrogen) atoms. The van der Waals surface area contributed by atoms with Crippen molar-refractivity contribution < 1.29 is 13.2 Å². The van der Waals surface area contributed by atoms with Gasteiger partial charge in [0, 0.05) is 5.50 Å². The molecule has 70 valence electrons. The fraction of sp³-hybridized carbons (Fsp3) is 0.250. The molecule has 0 saturated carbocycles. The van der Waals surface area contributed by atoms with Crippen LogP contribution in [0.4, 0.5) is 13.2 Å². The van der Waals surface area contributed by atoms with E-state index in [1.165, 1.54) is 12.1 Å². The summed E-state index contributed by atoms with van der Waals surface area (Å²) < 4.78 is 37.0. The Morgan fingerprint density at radius 1 is 1.23 bits per heavy atom. The SMILES string of the molecule is FC(F)(F)c1ccccc1[Si]CCl. The Labute approximate surface area is 81.5 Å². The number of halogens is 4. The molecule has 0 aromatic heterocycles. The summed E-state index contributed by atoms with van der Waals surface area (Å²) in [6.45, 7) is 0. The van der Waals surface area contributed by atoms with Crippen molar-refractivity contribution in [1.82, 2.24) is 0 Å². The van der Waals surface area contributed by atoms with Crippen LogP contribution in [-0.4, -0.2) is 15.0 Å². The molecule has 0 aliphatic rings. The molecule has 0 bridgehead atoms. The monoisotopic (exact) mass is 222 g/mol. The third-order valence-electron chi connectivity index (χ3n) is 1.49. The van der Waals surface area contributed by atoms with Crippen LogP contribution < -0.4 is 5.19 Å². The molecule has 0 aliphatic heterocycles. The van der Waals surface area contributed by atoms with Gasteiger partial charge in [-0.3, -0.25) is 0 Å². The van der Waals surface area contributed by atoms with E-state index in [4.69, 9.17) is 11.6 Å². The van der Waals surface area contributed by atoms with Gasteiger partial charge in [-0.1, -0.05) is 29.5 Å². The maximum atomic E-state index is 12.3. The van der Waals surface area contributed by atoms with E-state index in [-0.39, 0.29) is 20.2 Å². The van der Waals surface area contributed by atoms with Crippen LogP contribution in [0.1, 0.15) is 5.56 Å². The Morgan fingerprint density at radius 2 is 1.85 bits per heavy atom. The lowest BCUT2D eigenvalue weighted by Gasteiger charge is -2.10. The van der Waals surface area contributed by atoms with Crippen LogP contribution in [0.5, 0.6) is 0 Å². The number of benzene rings is 1. The van der Waals surface area contributed by atoms with Crippen molar-refractivity contribution in [1.29, 1.82) is 0 Å². The predicted octanol–water partition coefficient (Wildman–Crippen LogP) is 2.23. The van der Waals surface area contributed by atoms with Crippen molar-refractivity contribution in [2.45, 2.75) is 6.18 Å². The molecule has 0 fully saturated rings. The molecule has 0 atom stereocenters. The molecule has 0 heterocycles. The van der Waals surface area contributed by atoms with Crippen molar-refractivity contribution in [3.63, 3.8) is 0 Å². The van der Waals surface area contributed by atoms with Gasteiger partial charge in [0.25, 0.3) is 0 Å². The predicted molar refractivity (Wildman–Crippen MR) is 47.6 cm³/mol. The summed E-state index contributed by atoms with van der Waals surface area (Å²) in [4.78, 5) is 0. The van der Waals surface area contributed by atoms with Crippen LogP contribution in [0.2, 0.25) is 0 Å². The van der Waals surface area contributed by atoms with Gasteiger partial charge in [0.15, 0.2) is 0 Å². The lowest BCUT2D eigenvalue weighted by atomic mass is 10.2. The molecular weight excluding hydrogens is 217 g/mol. The van der Waals surface area contributed by atoms with Gasteiger partial charge in [-0.2, -0.15) is 13.2 Å². The molecule has 0 amide bonds. The molecule has 1 rings (SSSR count). The van der Waals surface area contributed by atoms with Gasteiger partial charge < -0.3 is 0 Å². The van der Waals surface area contributed by atoms with Crippen molar-refractivity contribution in [2.24, 2.45) is 0 Å². The van der Waals surface area contributed by atoms with E-state index in [2.05, 4.69) is 0 Å². The minimum Gasteiger partial charge on any atom is -0.166 e. The Balaban J connectivity index is 3.05. The number of hydrogen-bond acceptors (Lipinski definition) is 0. The van der Waals surface area contributed by atoms with E-state index < -0.39 is 11.7 Å². The molecule has 0 aliphatic carbocycles. The summed E-state index contributed by atoms with van der Waals surface area (Å²) in [6, 6.07) is 5.51. The molecule has 0 saturated heterocycles. The molecule has 0 nitrogen and oxygen atoms in total. The third kappa shape index (κ3) is 2.74. The Bertz CT molecular complexity index is 285. The molecule has 2 radical (unpaired) electrons. The van der Waals surface area contributed by atoms with Crippen LogP contribution >= 0.6 is 11.6 Å². The van der Waals surface area contributed by atoms with E-state index in [9.17, 15) is 13.2 Å². The first-order valence-electron chi connectivity index (χ1n) is 3.52. The zero-order chi connectivity index (χ0) is 9.90. The lowest BCUT2D eigenvalue weighted by molar-refractivity contribution is -0.136. The molecule has 0 unspecified atom stereocenters. The Morgan fingerprint density at radius 3 is 2.38 bits per heavy atom. The highest BCUT2D eigenvalue weighted by Crippen LogP contribution is 2.27. The highest BCUT2D eigenvalue weighted by Gasteiger charge is 2.32. The van der Waals surface area contributed by atoms with Gasteiger partial charge in [-0.25, -0.2) is 0 Å². The van der Waals surface area contributed by atoms with Gasteiger partial charge in [-0.15, -0.1) is 11.6 Å². The summed E-state index contributed by atoms with van der Waals surface area (Å²) in [5.74, 6) is 0. The molecule has 1 aromatic rings. The Kier molecular flexibility index (Phi) is 3.38. The van der Waals surface area contributed by atoms with Crippen LogP contribution in [0.25, 0.3) is 0 Å². The largest absolute Gasteiger partial charge is 0.416 e. The summed E-state index contributed by atoms with van der Waals surface area (Å²) in [5, 5.41) is 0.282. The van der Waals surface area contributed by atoms with Gasteiger partial charge in [0.2, 0.25) is 0 Å². The first-order chi connectivity index (χ1) is 6.05. The molecule has 5 heteroatoms. The molecular formula is C8H6ClF3Si. The van der Waals surface area contributed by atoms with E-state index in [0.717, 1.165) is 6.07 Å². The second-order valence-electron chi connectivity index (χ2n) is 2.35. The van der Waals surface area contributed by atoms with Crippen molar-refractivity contribution in [2.75, 3.05) is 5.50 Å². The molecule has 0 spiro atoms. The molecule has 0 N–H and O–H groups in total. The fourth-order valence-corrected chi connectivity index (χ4v) is 2.16. The average molecular weight is 223 g/mol. The zero-order valence-electron chi connectivity index (χ0n) is 6.53. The topological polar surface area (TPSA) is 0 Å². The van der Waals surface area contributed by atoms with Crippen LogP contribution in [0.3, 0.4) is 0 Å². The zero-order valence-corrected chi connectivity index (χ0v) is 8.28. The van der Waals surface area contributed by atoms with Crippen LogP contribution in [0, 0.1) is 0 Å². The number of rotatable bonds is 2. The first-order valence-corrected chi connectivity index (χ1v) is 5.26. The number of alkyl halides is 4. The average Bonchev–Trinajstić information content (AvgIpc) is 2.04. The number of hydrogen-bond donors (Lipinski definition) is 0. The summed E-state index contributed by atoms with van der Waals surface area (Å²) in [6.07, 6.45) is -4.27. The van der Waals surface area contributed by atoms with Gasteiger partial charge >= 0.3 is 6.18 Å². The highest BCUT2D eigenvalue weighted by atomic mass is 35.5. The van der Waals surface area contributed by atoms with E-state index >= 15 is 0 Å². The second kappa shape index (κ2) is 4.15. The van der Waals surface area contributed by atoms with Crippen molar-refractivity contribution >= 4 is 26.3 Å². The second-order valence-corrected chi connectivity index (χ2v) is 4.32. The van der Waals surface area contributed by atoms with Crippen molar-refractivity contribution in [3.8, 4) is 0 Å². The highest BCUT2D eigenvalue weighted by molar-refractivity contribution is 6.62. The van der Waals surface area contributed by atoms with Crippen molar-refractivity contribution in [3.05, 3.63) is 29.8 Å². The summed E-state index contributed by atoms with van der Waals surface area (Å²) >= 11 is 5.40. The maximum Gasteiger partial charge on any atom is 0.416 e. The maximum absolute atomic E-state index is 12.3. The first kappa shape index (κ1) is 10.6. The quantitative estimate of drug-likeness (QED) is 0.532. The third-order valence-corrected chi connectivity index (χ3v) is 2.84. The van der Waals surface area contributed by atoms with E-state index in [0.29, 0.717) is 0 Å². The Hall–Kier alpha value is -0.483. The lowest BCUT2D eigenvalue weighted by Crippen LogP contribution is -2.26. The van der Waals surface area contributed by atoms with Crippen LogP contribution in [0.15, 0.2) is 24.3 Å². The normalized spacial score (nSPS) is 11.7. The van der Waals surface area contributed by atoms with E-state index in [1.807, 2.05) is 0 Å². The van der Waals surface area contributed by atoms with E-state index in [1.54, 1.807) is 6.07 Å². The van der Waals surface area contributed by atoms with Crippen LogP contribution in [-0.2, 0) is 6.18 Å². The fourth-order valence-electron chi connectivity index (χ4n) is 0.956. The van der Waals surface area contributed by atoms with Gasteiger partial charge in [-0.05, 0) is 0 Å². The minimum absolute atomic E-state index is 0.00495. The standard InChI is InChI=1S/C8H6ClF3Si/c9-5-13-7-4-2-1-3-6(7)8(10,11)12/h1-4H,5H2. The summed E-state index contributed by atoms with van der Waals surface area (Å²) in [7, 11) is 0.00495. The smallest absolute Gasteiger partial charge is 0.166 e. The molecule has 1 aromatic carbocycles.